The van der Waals surface area contributed by atoms with Crippen LogP contribution in [0.4, 0.5) is 0 Å². The summed E-state index contributed by atoms with van der Waals surface area (Å²) in [4.78, 5) is 0. The Bertz CT molecular complexity index is 120. The molecule has 0 aliphatic heterocycles. The second-order valence-corrected chi connectivity index (χ2v) is 4.24. The largest absolute Gasteiger partial charge is 0.103 e. The number of rotatable bonds is 4. The Hall–Kier alpha value is -0.260. The molecule has 1 fully saturated rings. The molecule has 12 heavy (non-hydrogen) atoms. The van der Waals surface area contributed by atoms with E-state index in [0.717, 1.165) is 11.8 Å². The van der Waals surface area contributed by atoms with Gasteiger partial charge in [0.1, 0.15) is 0 Å². The highest BCUT2D eigenvalue weighted by molar-refractivity contribution is 4.74. The fourth-order valence-electron chi connectivity index (χ4n) is 2.32. The van der Waals surface area contributed by atoms with Gasteiger partial charge >= 0.3 is 0 Å². The Labute approximate surface area is 77.1 Å². The van der Waals surface area contributed by atoms with E-state index in [1.54, 1.807) is 0 Å². The van der Waals surface area contributed by atoms with Crippen LogP contribution in [0.3, 0.4) is 0 Å². The summed E-state index contributed by atoms with van der Waals surface area (Å²) >= 11 is 0. The minimum absolute atomic E-state index is 0.934. The van der Waals surface area contributed by atoms with Crippen molar-refractivity contribution in [3.8, 4) is 0 Å². The number of allylic oxidation sites excluding steroid dienone is 1. The first-order valence-electron chi connectivity index (χ1n) is 5.45. The van der Waals surface area contributed by atoms with E-state index < -0.39 is 0 Å². The smallest absolute Gasteiger partial charge is 0.0351 e. The Morgan fingerprint density at radius 3 is 2.58 bits per heavy atom. The van der Waals surface area contributed by atoms with Crippen LogP contribution >= 0.6 is 0 Å². The molecule has 0 heterocycles. The first-order chi connectivity index (χ1) is 5.84. The van der Waals surface area contributed by atoms with E-state index >= 15 is 0 Å². The summed E-state index contributed by atoms with van der Waals surface area (Å²) in [6.07, 6.45) is 12.0. The monoisotopic (exact) mass is 166 g/mol. The van der Waals surface area contributed by atoms with Crippen molar-refractivity contribution in [1.82, 2.24) is 0 Å². The molecule has 1 rings (SSSR count). The van der Waals surface area contributed by atoms with Gasteiger partial charge in [-0.3, -0.25) is 0 Å². The molecule has 0 bridgehead atoms. The highest BCUT2D eigenvalue weighted by atomic mass is 14.2. The standard InChI is InChI=1S/C12H22/c1-3-4-8-11(2)12-9-6-5-7-10-12/h3,11-12H,1,4-10H2,2H3. The maximum atomic E-state index is 3.78. The zero-order chi connectivity index (χ0) is 8.81. The van der Waals surface area contributed by atoms with Crippen LogP contribution in [-0.4, -0.2) is 0 Å². The topological polar surface area (TPSA) is 0 Å². The summed E-state index contributed by atoms with van der Waals surface area (Å²) in [5.41, 5.74) is 0. The van der Waals surface area contributed by atoms with Crippen molar-refractivity contribution in [3.05, 3.63) is 12.7 Å². The molecule has 0 spiro atoms. The normalized spacial score (nSPS) is 22.1. The van der Waals surface area contributed by atoms with Gasteiger partial charge in [-0.25, -0.2) is 0 Å². The van der Waals surface area contributed by atoms with Gasteiger partial charge in [0.2, 0.25) is 0 Å². The summed E-state index contributed by atoms with van der Waals surface area (Å²) in [7, 11) is 0. The molecule has 70 valence electrons. The van der Waals surface area contributed by atoms with Crippen LogP contribution in [0.1, 0.15) is 51.9 Å². The average Bonchev–Trinajstić information content (AvgIpc) is 2.15. The predicted octanol–water partition coefficient (Wildman–Crippen LogP) is 4.17. The van der Waals surface area contributed by atoms with Crippen molar-refractivity contribution < 1.29 is 0 Å². The summed E-state index contributed by atoms with van der Waals surface area (Å²) in [5.74, 6) is 1.96. The Kier molecular flexibility index (Phi) is 4.42. The van der Waals surface area contributed by atoms with E-state index in [1.807, 2.05) is 0 Å². The minimum Gasteiger partial charge on any atom is -0.103 e. The fraction of sp³-hybridized carbons (Fsp3) is 0.833. The van der Waals surface area contributed by atoms with Gasteiger partial charge in [0.15, 0.2) is 0 Å². The van der Waals surface area contributed by atoms with Gasteiger partial charge in [0.05, 0.1) is 0 Å². The van der Waals surface area contributed by atoms with Gasteiger partial charge in [0, 0.05) is 0 Å². The van der Waals surface area contributed by atoms with Crippen LogP contribution in [-0.2, 0) is 0 Å². The minimum atomic E-state index is 0.934. The number of hydrogen-bond acceptors (Lipinski definition) is 0. The zero-order valence-electron chi connectivity index (χ0n) is 8.39. The highest BCUT2D eigenvalue weighted by Crippen LogP contribution is 2.31. The lowest BCUT2D eigenvalue weighted by Crippen LogP contribution is -2.14. The summed E-state index contributed by atoms with van der Waals surface area (Å²) in [6, 6.07) is 0. The SMILES string of the molecule is C=CCCC(C)C1CCCCC1. The van der Waals surface area contributed by atoms with Crippen molar-refractivity contribution >= 4 is 0 Å². The lowest BCUT2D eigenvalue weighted by atomic mass is 9.79. The molecular weight excluding hydrogens is 144 g/mol. The van der Waals surface area contributed by atoms with Crippen LogP contribution in [0, 0.1) is 11.8 Å². The second-order valence-electron chi connectivity index (χ2n) is 4.24. The Morgan fingerprint density at radius 1 is 1.33 bits per heavy atom. The molecular formula is C12H22. The van der Waals surface area contributed by atoms with E-state index in [-0.39, 0.29) is 0 Å². The molecule has 1 aliphatic carbocycles. The summed E-state index contributed by atoms with van der Waals surface area (Å²) < 4.78 is 0. The first-order valence-corrected chi connectivity index (χ1v) is 5.45. The van der Waals surface area contributed by atoms with Gasteiger partial charge in [-0.15, -0.1) is 6.58 Å². The molecule has 0 nitrogen and oxygen atoms in total. The molecule has 1 unspecified atom stereocenters. The van der Waals surface area contributed by atoms with Crippen LogP contribution in [0.2, 0.25) is 0 Å². The van der Waals surface area contributed by atoms with Crippen LogP contribution in [0.25, 0.3) is 0 Å². The zero-order valence-corrected chi connectivity index (χ0v) is 8.39. The maximum absolute atomic E-state index is 3.78. The fourth-order valence-corrected chi connectivity index (χ4v) is 2.32. The second kappa shape index (κ2) is 5.40. The molecule has 0 aromatic rings. The Balaban J connectivity index is 2.19. The van der Waals surface area contributed by atoms with Crippen LogP contribution in [0.15, 0.2) is 12.7 Å². The van der Waals surface area contributed by atoms with Gasteiger partial charge in [0.25, 0.3) is 0 Å². The molecule has 0 N–H and O–H groups in total. The van der Waals surface area contributed by atoms with Gasteiger partial charge < -0.3 is 0 Å². The van der Waals surface area contributed by atoms with Gasteiger partial charge in [-0.2, -0.15) is 0 Å². The third-order valence-electron chi connectivity index (χ3n) is 3.28. The van der Waals surface area contributed by atoms with E-state index in [1.165, 1.54) is 44.9 Å². The molecule has 0 saturated heterocycles. The molecule has 0 heteroatoms. The molecule has 1 atom stereocenters. The van der Waals surface area contributed by atoms with Crippen molar-refractivity contribution in [1.29, 1.82) is 0 Å². The van der Waals surface area contributed by atoms with E-state index in [0.29, 0.717) is 0 Å². The van der Waals surface area contributed by atoms with E-state index in [4.69, 9.17) is 0 Å². The summed E-state index contributed by atoms with van der Waals surface area (Å²) in [6.45, 7) is 6.19. The average molecular weight is 166 g/mol. The summed E-state index contributed by atoms with van der Waals surface area (Å²) in [5, 5.41) is 0. The molecule has 0 amide bonds. The maximum Gasteiger partial charge on any atom is -0.0351 e. The quantitative estimate of drug-likeness (QED) is 0.550. The van der Waals surface area contributed by atoms with Crippen LogP contribution in [0.5, 0.6) is 0 Å². The Morgan fingerprint density at radius 2 is 2.00 bits per heavy atom. The van der Waals surface area contributed by atoms with Crippen molar-refractivity contribution in [2.45, 2.75) is 51.9 Å². The third kappa shape index (κ3) is 3.00. The third-order valence-corrected chi connectivity index (χ3v) is 3.28. The van der Waals surface area contributed by atoms with Gasteiger partial charge in [-0.1, -0.05) is 45.1 Å². The molecule has 1 saturated carbocycles. The van der Waals surface area contributed by atoms with Crippen molar-refractivity contribution in [3.63, 3.8) is 0 Å². The molecule has 0 aromatic carbocycles. The predicted molar refractivity (Wildman–Crippen MR) is 55.2 cm³/mol. The van der Waals surface area contributed by atoms with E-state index in [2.05, 4.69) is 19.6 Å². The van der Waals surface area contributed by atoms with Crippen LogP contribution < -0.4 is 0 Å². The lowest BCUT2D eigenvalue weighted by molar-refractivity contribution is 0.253. The first kappa shape index (κ1) is 9.83. The lowest BCUT2D eigenvalue weighted by Gasteiger charge is -2.27. The van der Waals surface area contributed by atoms with Crippen molar-refractivity contribution in [2.75, 3.05) is 0 Å². The van der Waals surface area contributed by atoms with E-state index in [9.17, 15) is 0 Å². The molecule has 1 aliphatic rings. The highest BCUT2D eigenvalue weighted by Gasteiger charge is 2.18. The van der Waals surface area contributed by atoms with Crippen molar-refractivity contribution in [2.24, 2.45) is 11.8 Å². The number of hydrogen-bond donors (Lipinski definition) is 0. The molecule has 0 aromatic heterocycles. The van der Waals surface area contributed by atoms with Gasteiger partial charge in [-0.05, 0) is 24.7 Å². The molecule has 0 radical (unpaired) electrons.